The number of rotatable bonds is 7. The fourth-order valence-electron chi connectivity index (χ4n) is 3.11. The van der Waals surface area contributed by atoms with Crippen LogP contribution in [0.5, 0.6) is 0 Å². The van der Waals surface area contributed by atoms with Gasteiger partial charge in [0.25, 0.3) is 5.91 Å². The van der Waals surface area contributed by atoms with E-state index in [1.54, 1.807) is 35.0 Å². The van der Waals surface area contributed by atoms with Gasteiger partial charge in [0.1, 0.15) is 0 Å². The predicted molar refractivity (Wildman–Crippen MR) is 122 cm³/mol. The second kappa shape index (κ2) is 10.2. The van der Waals surface area contributed by atoms with E-state index in [9.17, 15) is 9.59 Å². The Labute approximate surface area is 195 Å². The van der Waals surface area contributed by atoms with Gasteiger partial charge in [-0.25, -0.2) is 4.68 Å². The number of hydrogen-bond donors (Lipinski definition) is 1. The van der Waals surface area contributed by atoms with Crippen molar-refractivity contribution in [2.45, 2.75) is 19.8 Å². The van der Waals surface area contributed by atoms with Crippen LogP contribution in [-0.2, 0) is 9.53 Å². The van der Waals surface area contributed by atoms with Gasteiger partial charge in [0, 0.05) is 34.1 Å². The summed E-state index contributed by atoms with van der Waals surface area (Å²) in [6.45, 7) is 2.14. The Bertz CT molecular complexity index is 1110. The summed E-state index contributed by atoms with van der Waals surface area (Å²) in [4.78, 5) is 24.1. The monoisotopic (exact) mass is 479 g/mol. The maximum Gasteiger partial charge on any atom is 0.305 e. The fourth-order valence-corrected chi connectivity index (χ4v) is 3.72. The topological polar surface area (TPSA) is 73.2 Å². The molecule has 6 nitrogen and oxygen atoms in total. The molecule has 1 heterocycles. The normalized spacial score (nSPS) is 10.7. The number of methoxy groups -OCH3 is 1. The van der Waals surface area contributed by atoms with E-state index in [1.807, 2.05) is 19.1 Å². The molecule has 0 aliphatic carbocycles. The van der Waals surface area contributed by atoms with Gasteiger partial charge in [-0.1, -0.05) is 46.9 Å². The number of nitrogens with zero attached hydrogens (tertiary/aromatic N) is 2. The van der Waals surface area contributed by atoms with Gasteiger partial charge in [-0.05, 0) is 43.7 Å². The fraction of sp³-hybridized carbons (Fsp3) is 0.227. The van der Waals surface area contributed by atoms with E-state index in [-0.39, 0.29) is 24.0 Å². The summed E-state index contributed by atoms with van der Waals surface area (Å²) in [7, 11) is 1.33. The average molecular weight is 481 g/mol. The lowest BCUT2D eigenvalue weighted by Gasteiger charge is -2.11. The third kappa shape index (κ3) is 5.39. The Kier molecular flexibility index (Phi) is 7.59. The lowest BCUT2D eigenvalue weighted by Crippen LogP contribution is -2.26. The number of carbonyl (C=O) groups is 2. The molecule has 0 saturated heterocycles. The maximum absolute atomic E-state index is 12.8. The highest BCUT2D eigenvalue weighted by Crippen LogP contribution is 2.33. The van der Waals surface area contributed by atoms with E-state index in [4.69, 9.17) is 34.8 Å². The largest absolute Gasteiger partial charge is 0.469 e. The summed E-state index contributed by atoms with van der Waals surface area (Å²) < 4.78 is 6.23. The standard InChI is InChI=1S/C22H20Cl3N3O3/c1-13-20(22(30)26-11-3-4-19(29)31-2)27-28(18-10-9-16(24)12-17(18)25)21(13)14-5-7-15(23)8-6-14/h5-10,12H,3-4,11H2,1-2H3,(H,26,30). The van der Waals surface area contributed by atoms with Crippen molar-refractivity contribution in [2.24, 2.45) is 0 Å². The molecule has 0 aliphatic heterocycles. The van der Waals surface area contributed by atoms with Gasteiger partial charge in [-0.3, -0.25) is 9.59 Å². The molecular weight excluding hydrogens is 461 g/mol. The van der Waals surface area contributed by atoms with Crippen LogP contribution in [-0.4, -0.2) is 35.3 Å². The van der Waals surface area contributed by atoms with Gasteiger partial charge < -0.3 is 10.1 Å². The third-order valence-corrected chi connectivity index (χ3v) is 5.45. The zero-order valence-corrected chi connectivity index (χ0v) is 19.2. The Morgan fingerprint density at radius 1 is 1.06 bits per heavy atom. The number of halogens is 3. The SMILES string of the molecule is COC(=O)CCCNC(=O)c1nn(-c2ccc(Cl)cc2Cl)c(-c2ccc(Cl)cc2)c1C. The van der Waals surface area contributed by atoms with Crippen molar-refractivity contribution in [3.05, 3.63) is 68.8 Å². The molecule has 0 saturated carbocycles. The summed E-state index contributed by atoms with van der Waals surface area (Å²) in [5.74, 6) is -0.668. The maximum atomic E-state index is 12.8. The predicted octanol–water partition coefficient (Wildman–Crippen LogP) is 5.49. The van der Waals surface area contributed by atoms with Gasteiger partial charge in [-0.2, -0.15) is 5.10 Å². The Balaban J connectivity index is 1.99. The molecule has 0 radical (unpaired) electrons. The van der Waals surface area contributed by atoms with Crippen LogP contribution in [0.1, 0.15) is 28.9 Å². The van der Waals surface area contributed by atoms with E-state index >= 15 is 0 Å². The minimum absolute atomic E-state index is 0.223. The summed E-state index contributed by atoms with van der Waals surface area (Å²) in [6, 6.07) is 12.3. The van der Waals surface area contributed by atoms with Crippen LogP contribution >= 0.6 is 34.8 Å². The first kappa shape index (κ1) is 23.1. The summed E-state index contributed by atoms with van der Waals surface area (Å²) in [5.41, 5.74) is 3.06. The van der Waals surface area contributed by atoms with Gasteiger partial charge in [0.2, 0.25) is 0 Å². The van der Waals surface area contributed by atoms with Crippen molar-refractivity contribution in [1.29, 1.82) is 0 Å². The number of amides is 1. The molecule has 162 valence electrons. The Morgan fingerprint density at radius 2 is 1.74 bits per heavy atom. The number of nitrogens with one attached hydrogen (secondary N) is 1. The van der Waals surface area contributed by atoms with E-state index in [0.29, 0.717) is 45.0 Å². The molecule has 2 aromatic carbocycles. The van der Waals surface area contributed by atoms with Crippen LogP contribution < -0.4 is 5.32 Å². The van der Waals surface area contributed by atoms with Gasteiger partial charge in [0.05, 0.1) is 23.5 Å². The van der Waals surface area contributed by atoms with Crippen molar-refractivity contribution in [3.8, 4) is 16.9 Å². The van der Waals surface area contributed by atoms with Gasteiger partial charge in [0.15, 0.2) is 5.69 Å². The second-order valence-corrected chi connectivity index (χ2v) is 8.05. The first-order chi connectivity index (χ1) is 14.8. The van der Waals surface area contributed by atoms with Crippen LogP contribution in [0.15, 0.2) is 42.5 Å². The van der Waals surface area contributed by atoms with E-state index in [2.05, 4.69) is 15.2 Å². The number of esters is 1. The number of hydrogen-bond acceptors (Lipinski definition) is 4. The van der Waals surface area contributed by atoms with Crippen molar-refractivity contribution in [2.75, 3.05) is 13.7 Å². The van der Waals surface area contributed by atoms with Crippen molar-refractivity contribution >= 4 is 46.7 Å². The molecule has 1 amide bonds. The third-order valence-electron chi connectivity index (χ3n) is 4.66. The highest BCUT2D eigenvalue weighted by molar-refractivity contribution is 6.35. The highest BCUT2D eigenvalue weighted by Gasteiger charge is 2.23. The minimum Gasteiger partial charge on any atom is -0.469 e. The minimum atomic E-state index is -0.346. The Morgan fingerprint density at radius 3 is 2.39 bits per heavy atom. The first-order valence-electron chi connectivity index (χ1n) is 9.47. The molecule has 31 heavy (non-hydrogen) atoms. The summed E-state index contributed by atoms with van der Waals surface area (Å²) >= 11 is 18.5. The highest BCUT2D eigenvalue weighted by atomic mass is 35.5. The molecule has 0 spiro atoms. The van der Waals surface area contributed by atoms with E-state index in [1.165, 1.54) is 7.11 Å². The number of benzene rings is 2. The van der Waals surface area contributed by atoms with Gasteiger partial charge >= 0.3 is 5.97 Å². The molecule has 0 unspecified atom stereocenters. The second-order valence-electron chi connectivity index (χ2n) is 6.77. The van der Waals surface area contributed by atoms with Crippen molar-refractivity contribution in [1.82, 2.24) is 15.1 Å². The van der Waals surface area contributed by atoms with Crippen molar-refractivity contribution < 1.29 is 14.3 Å². The average Bonchev–Trinajstić information content (AvgIpc) is 3.08. The molecule has 1 aromatic heterocycles. The lowest BCUT2D eigenvalue weighted by atomic mass is 10.1. The van der Waals surface area contributed by atoms with Crippen molar-refractivity contribution in [3.63, 3.8) is 0 Å². The molecule has 0 aliphatic rings. The smallest absolute Gasteiger partial charge is 0.305 e. The molecule has 3 rings (SSSR count). The zero-order valence-electron chi connectivity index (χ0n) is 16.9. The van der Waals surface area contributed by atoms with Crippen LogP contribution in [0.3, 0.4) is 0 Å². The Hall–Kier alpha value is -2.54. The molecule has 3 aromatic rings. The molecule has 0 fully saturated rings. The molecule has 0 bridgehead atoms. The summed E-state index contributed by atoms with van der Waals surface area (Å²) in [5, 5.41) is 8.84. The zero-order chi connectivity index (χ0) is 22.5. The molecule has 9 heteroatoms. The van der Waals surface area contributed by atoms with E-state index in [0.717, 1.165) is 5.56 Å². The van der Waals surface area contributed by atoms with E-state index < -0.39 is 0 Å². The van der Waals surface area contributed by atoms with Crippen LogP contribution in [0.2, 0.25) is 15.1 Å². The van der Waals surface area contributed by atoms with Crippen LogP contribution in [0.4, 0.5) is 0 Å². The number of ether oxygens (including phenoxy) is 1. The quantitative estimate of drug-likeness (QED) is 0.358. The molecule has 0 atom stereocenters. The first-order valence-corrected chi connectivity index (χ1v) is 10.6. The van der Waals surface area contributed by atoms with Gasteiger partial charge in [-0.15, -0.1) is 0 Å². The lowest BCUT2D eigenvalue weighted by molar-refractivity contribution is -0.140. The van der Waals surface area contributed by atoms with Crippen LogP contribution in [0.25, 0.3) is 16.9 Å². The molecule has 1 N–H and O–H groups in total. The number of carbonyl (C=O) groups excluding carboxylic acids is 2. The summed E-state index contributed by atoms with van der Waals surface area (Å²) in [6.07, 6.45) is 0.686. The number of aromatic nitrogens is 2. The van der Waals surface area contributed by atoms with Crippen LogP contribution in [0, 0.1) is 6.92 Å². The molecular formula is C22H20Cl3N3O3.